The summed E-state index contributed by atoms with van der Waals surface area (Å²) in [5.41, 5.74) is -0.373. The molecule has 84 valence electrons. The Morgan fingerprint density at radius 2 is 1.80 bits per heavy atom. The van der Waals surface area contributed by atoms with Gasteiger partial charge >= 0.3 is 11.9 Å². The van der Waals surface area contributed by atoms with Crippen molar-refractivity contribution in [3.05, 3.63) is 11.6 Å². The van der Waals surface area contributed by atoms with Crippen LogP contribution < -0.4 is 0 Å². The average molecular weight is 212 g/mol. The molecule has 0 saturated carbocycles. The van der Waals surface area contributed by atoms with Gasteiger partial charge in [-0.05, 0) is 18.4 Å². The van der Waals surface area contributed by atoms with Crippen LogP contribution in [0.1, 0.15) is 26.2 Å². The van der Waals surface area contributed by atoms with E-state index >= 15 is 0 Å². The van der Waals surface area contributed by atoms with Gasteiger partial charge in [-0.3, -0.25) is 9.59 Å². The van der Waals surface area contributed by atoms with Crippen LogP contribution in [0.3, 0.4) is 0 Å². The molecule has 0 atom stereocenters. The van der Waals surface area contributed by atoms with Crippen molar-refractivity contribution in [3.63, 3.8) is 0 Å². The normalized spacial score (nSPS) is 16.6. The van der Waals surface area contributed by atoms with Gasteiger partial charge in [0.25, 0.3) is 0 Å². The van der Waals surface area contributed by atoms with Crippen LogP contribution in [-0.2, 0) is 19.1 Å². The first-order valence-electron chi connectivity index (χ1n) is 5.02. The summed E-state index contributed by atoms with van der Waals surface area (Å²) in [7, 11) is 2.55. The van der Waals surface area contributed by atoms with Gasteiger partial charge in [0.05, 0.1) is 14.2 Å². The van der Waals surface area contributed by atoms with Crippen LogP contribution in [0.4, 0.5) is 0 Å². The molecule has 1 aliphatic carbocycles. The number of carbonyl (C=O) groups is 2. The molecule has 0 aromatic carbocycles. The van der Waals surface area contributed by atoms with Crippen LogP contribution in [0.2, 0.25) is 0 Å². The van der Waals surface area contributed by atoms with Gasteiger partial charge < -0.3 is 9.47 Å². The van der Waals surface area contributed by atoms with Crippen LogP contribution in [-0.4, -0.2) is 26.2 Å². The molecular weight excluding hydrogens is 196 g/mol. The monoisotopic (exact) mass is 212 g/mol. The van der Waals surface area contributed by atoms with Crippen LogP contribution in [0.5, 0.6) is 0 Å². The molecule has 4 nitrogen and oxygen atoms in total. The summed E-state index contributed by atoms with van der Waals surface area (Å²) in [5, 5.41) is 0. The van der Waals surface area contributed by atoms with E-state index in [4.69, 9.17) is 0 Å². The second kappa shape index (κ2) is 4.47. The van der Waals surface area contributed by atoms with Crippen LogP contribution in [0, 0.1) is 5.41 Å². The lowest BCUT2D eigenvalue weighted by atomic mass is 9.98. The summed E-state index contributed by atoms with van der Waals surface area (Å²) < 4.78 is 9.24. The predicted octanol–water partition coefficient (Wildman–Crippen LogP) is 1.45. The van der Waals surface area contributed by atoms with Crippen molar-refractivity contribution in [2.75, 3.05) is 14.2 Å². The number of rotatable bonds is 5. The first kappa shape index (κ1) is 11.8. The zero-order valence-corrected chi connectivity index (χ0v) is 9.33. The highest BCUT2D eigenvalue weighted by atomic mass is 16.5. The molecule has 0 unspecified atom stereocenters. The third-order valence-electron chi connectivity index (χ3n) is 2.63. The standard InChI is InChI=1S/C11H16O4/c1-4-5-6-8-7-11(8,9(12)14-2)10(13)15-3/h7H,4-6H2,1-3H3. The van der Waals surface area contributed by atoms with Crippen molar-refractivity contribution >= 4 is 11.9 Å². The van der Waals surface area contributed by atoms with E-state index in [2.05, 4.69) is 16.4 Å². The fourth-order valence-electron chi connectivity index (χ4n) is 1.65. The Morgan fingerprint density at radius 1 is 1.27 bits per heavy atom. The zero-order chi connectivity index (χ0) is 11.5. The number of methoxy groups -OCH3 is 2. The highest BCUT2D eigenvalue weighted by Gasteiger charge is 2.59. The number of unbranched alkanes of at least 4 members (excludes halogenated alkanes) is 1. The minimum Gasteiger partial charge on any atom is -0.468 e. The molecule has 1 rings (SSSR count). The molecule has 0 aromatic heterocycles. The summed E-state index contributed by atoms with van der Waals surface area (Å²) in [5.74, 6) is -1.08. The van der Waals surface area contributed by atoms with Gasteiger partial charge in [-0.25, -0.2) is 0 Å². The van der Waals surface area contributed by atoms with Gasteiger partial charge in [-0.1, -0.05) is 19.4 Å². The molecule has 0 aliphatic heterocycles. The second-order valence-electron chi connectivity index (χ2n) is 3.56. The number of hydrogen-bond acceptors (Lipinski definition) is 4. The Morgan fingerprint density at radius 3 is 2.20 bits per heavy atom. The lowest BCUT2D eigenvalue weighted by Crippen LogP contribution is -2.31. The highest BCUT2D eigenvalue weighted by molar-refractivity contribution is 6.10. The second-order valence-corrected chi connectivity index (χ2v) is 3.56. The van der Waals surface area contributed by atoms with Crippen LogP contribution >= 0.6 is 0 Å². The van der Waals surface area contributed by atoms with E-state index in [1.54, 1.807) is 6.08 Å². The molecule has 0 amide bonds. The van der Waals surface area contributed by atoms with E-state index in [1.165, 1.54) is 14.2 Å². The molecule has 0 heterocycles. The van der Waals surface area contributed by atoms with Crippen LogP contribution in [0.25, 0.3) is 0 Å². The largest absolute Gasteiger partial charge is 0.468 e. The molecule has 0 N–H and O–H groups in total. The third-order valence-corrected chi connectivity index (χ3v) is 2.63. The number of ether oxygens (including phenoxy) is 2. The van der Waals surface area contributed by atoms with Crippen molar-refractivity contribution < 1.29 is 19.1 Å². The maximum atomic E-state index is 11.5. The number of hydrogen-bond donors (Lipinski definition) is 0. The fraction of sp³-hybridized carbons (Fsp3) is 0.636. The molecule has 1 aliphatic rings. The van der Waals surface area contributed by atoms with Crippen LogP contribution in [0.15, 0.2) is 11.6 Å². The average Bonchev–Trinajstić information content (AvgIpc) is 2.99. The Bertz CT molecular complexity index is 288. The fourth-order valence-corrected chi connectivity index (χ4v) is 1.65. The zero-order valence-electron chi connectivity index (χ0n) is 9.33. The number of carbonyl (C=O) groups excluding carboxylic acids is 2. The molecule has 0 saturated heterocycles. The smallest absolute Gasteiger partial charge is 0.331 e. The summed E-state index contributed by atoms with van der Waals surface area (Å²) in [6.45, 7) is 2.06. The molecule has 0 bridgehead atoms. The molecule has 0 spiro atoms. The van der Waals surface area contributed by atoms with Crippen molar-refractivity contribution in [2.24, 2.45) is 5.41 Å². The van der Waals surface area contributed by atoms with Gasteiger partial charge in [-0.2, -0.15) is 0 Å². The SMILES string of the molecule is CCCCC1=CC1(C(=O)OC)C(=O)OC. The lowest BCUT2D eigenvalue weighted by molar-refractivity contribution is -0.159. The van der Waals surface area contributed by atoms with Crippen molar-refractivity contribution in [1.29, 1.82) is 0 Å². The quantitative estimate of drug-likeness (QED) is 0.393. The maximum Gasteiger partial charge on any atom is 0.331 e. The van der Waals surface area contributed by atoms with E-state index in [9.17, 15) is 9.59 Å². The molecule has 0 radical (unpaired) electrons. The van der Waals surface area contributed by atoms with E-state index in [0.29, 0.717) is 0 Å². The molecule has 15 heavy (non-hydrogen) atoms. The van der Waals surface area contributed by atoms with Gasteiger partial charge in [-0.15, -0.1) is 0 Å². The van der Waals surface area contributed by atoms with E-state index in [0.717, 1.165) is 24.8 Å². The minimum absolute atomic E-state index is 0.541. The molecule has 0 fully saturated rings. The Kier molecular flexibility index (Phi) is 3.50. The first-order valence-corrected chi connectivity index (χ1v) is 5.02. The van der Waals surface area contributed by atoms with Crippen molar-refractivity contribution in [2.45, 2.75) is 26.2 Å². The third kappa shape index (κ3) is 1.89. The van der Waals surface area contributed by atoms with Gasteiger partial charge in [0.2, 0.25) is 5.41 Å². The minimum atomic E-state index is -1.20. The Labute approximate surface area is 89.2 Å². The predicted molar refractivity (Wildman–Crippen MR) is 54.1 cm³/mol. The maximum absolute atomic E-state index is 11.5. The summed E-state index contributed by atoms with van der Waals surface area (Å²) in [6.07, 6.45) is 4.37. The number of esters is 2. The van der Waals surface area contributed by atoms with E-state index in [-0.39, 0.29) is 0 Å². The first-order chi connectivity index (χ1) is 7.13. The van der Waals surface area contributed by atoms with Crippen molar-refractivity contribution in [3.8, 4) is 0 Å². The highest BCUT2D eigenvalue weighted by Crippen LogP contribution is 2.48. The summed E-state index contributed by atoms with van der Waals surface area (Å²) in [4.78, 5) is 23.0. The van der Waals surface area contributed by atoms with Gasteiger partial charge in [0.1, 0.15) is 0 Å². The molecule has 0 aromatic rings. The Hall–Kier alpha value is -1.32. The van der Waals surface area contributed by atoms with E-state index in [1.807, 2.05) is 0 Å². The summed E-state index contributed by atoms with van der Waals surface area (Å²) in [6, 6.07) is 0. The van der Waals surface area contributed by atoms with Gasteiger partial charge in [0, 0.05) is 0 Å². The van der Waals surface area contributed by atoms with E-state index < -0.39 is 17.4 Å². The Balaban J connectivity index is 2.69. The van der Waals surface area contributed by atoms with Gasteiger partial charge in [0.15, 0.2) is 0 Å². The summed E-state index contributed by atoms with van der Waals surface area (Å²) >= 11 is 0. The lowest BCUT2D eigenvalue weighted by Gasteiger charge is -2.13. The molecular formula is C11H16O4. The van der Waals surface area contributed by atoms with Crippen molar-refractivity contribution in [1.82, 2.24) is 0 Å². The molecule has 4 heteroatoms. The topological polar surface area (TPSA) is 52.6 Å².